The number of ether oxygens (including phenoxy) is 1. The Balaban J connectivity index is 1.84. The smallest absolute Gasteiger partial charge is 0.338 e. The molecule has 0 aliphatic heterocycles. The SMILES string of the molecule is CCOC(=O)C(=CC1CCCC1)c1ccc(S(=O)(=O)CC2CC2)cc1. The topological polar surface area (TPSA) is 60.4 Å². The molecule has 0 heterocycles. The molecule has 2 saturated carbocycles. The highest BCUT2D eigenvalue weighted by Gasteiger charge is 2.29. The van der Waals surface area contributed by atoms with Gasteiger partial charge in [0, 0.05) is 0 Å². The fourth-order valence-corrected chi connectivity index (χ4v) is 5.08. The normalized spacial score (nSPS) is 19.2. The zero-order valence-electron chi connectivity index (χ0n) is 14.7. The fourth-order valence-electron chi connectivity index (χ4n) is 3.38. The maximum atomic E-state index is 12.4. The second kappa shape index (κ2) is 7.73. The van der Waals surface area contributed by atoms with Crippen molar-refractivity contribution in [3.8, 4) is 0 Å². The van der Waals surface area contributed by atoms with Crippen LogP contribution in [-0.2, 0) is 19.4 Å². The quantitative estimate of drug-likeness (QED) is 0.543. The molecule has 0 spiro atoms. The molecule has 3 rings (SSSR count). The van der Waals surface area contributed by atoms with E-state index >= 15 is 0 Å². The van der Waals surface area contributed by atoms with Crippen molar-refractivity contribution in [1.29, 1.82) is 0 Å². The predicted octanol–water partition coefficient (Wildman–Crippen LogP) is 4.01. The molecule has 0 N–H and O–H groups in total. The van der Waals surface area contributed by atoms with Gasteiger partial charge in [0.25, 0.3) is 0 Å². The molecule has 1 aromatic rings. The van der Waals surface area contributed by atoms with Gasteiger partial charge in [0.2, 0.25) is 0 Å². The van der Waals surface area contributed by atoms with Crippen molar-refractivity contribution in [2.45, 2.75) is 50.3 Å². The maximum Gasteiger partial charge on any atom is 0.338 e. The van der Waals surface area contributed by atoms with E-state index in [1.54, 1.807) is 31.2 Å². The van der Waals surface area contributed by atoms with Crippen molar-refractivity contribution in [2.75, 3.05) is 12.4 Å². The van der Waals surface area contributed by atoms with E-state index in [-0.39, 0.29) is 11.7 Å². The first-order valence-corrected chi connectivity index (χ1v) is 10.9. The Morgan fingerprint density at radius 1 is 1.12 bits per heavy atom. The Labute approximate surface area is 150 Å². The molecule has 0 radical (unpaired) electrons. The maximum absolute atomic E-state index is 12.4. The summed E-state index contributed by atoms with van der Waals surface area (Å²) >= 11 is 0. The highest BCUT2D eigenvalue weighted by Crippen LogP contribution is 2.33. The average Bonchev–Trinajstić information content (AvgIpc) is 3.23. The number of hydrogen-bond acceptors (Lipinski definition) is 4. The lowest BCUT2D eigenvalue weighted by Crippen LogP contribution is -2.10. The number of esters is 1. The van der Waals surface area contributed by atoms with Gasteiger partial charge in [0.05, 0.1) is 22.8 Å². The van der Waals surface area contributed by atoms with Gasteiger partial charge in [-0.15, -0.1) is 0 Å². The lowest BCUT2D eigenvalue weighted by atomic mass is 9.99. The van der Waals surface area contributed by atoms with Crippen LogP contribution in [0.25, 0.3) is 5.57 Å². The van der Waals surface area contributed by atoms with Gasteiger partial charge in [0.1, 0.15) is 0 Å². The molecule has 4 nitrogen and oxygen atoms in total. The van der Waals surface area contributed by atoms with Crippen LogP contribution in [0, 0.1) is 11.8 Å². The lowest BCUT2D eigenvalue weighted by molar-refractivity contribution is -0.136. The zero-order chi connectivity index (χ0) is 17.9. The lowest BCUT2D eigenvalue weighted by Gasteiger charge is -2.11. The van der Waals surface area contributed by atoms with Gasteiger partial charge in [0.15, 0.2) is 9.84 Å². The van der Waals surface area contributed by atoms with Crippen molar-refractivity contribution in [2.24, 2.45) is 11.8 Å². The number of carbonyl (C=O) groups is 1. The summed E-state index contributed by atoms with van der Waals surface area (Å²) < 4.78 is 29.9. The Morgan fingerprint density at radius 2 is 1.76 bits per heavy atom. The van der Waals surface area contributed by atoms with E-state index in [9.17, 15) is 13.2 Å². The summed E-state index contributed by atoms with van der Waals surface area (Å²) in [5.41, 5.74) is 1.29. The third-order valence-corrected chi connectivity index (χ3v) is 6.87. The second-order valence-electron chi connectivity index (χ2n) is 7.09. The molecule has 136 valence electrons. The summed E-state index contributed by atoms with van der Waals surface area (Å²) in [6.45, 7) is 2.12. The molecule has 1 aromatic carbocycles. The molecule has 2 aliphatic carbocycles. The van der Waals surface area contributed by atoms with E-state index in [4.69, 9.17) is 4.74 Å². The second-order valence-corrected chi connectivity index (χ2v) is 9.13. The van der Waals surface area contributed by atoms with Gasteiger partial charge in [-0.05, 0) is 62.1 Å². The number of rotatable bonds is 7. The van der Waals surface area contributed by atoms with Crippen LogP contribution in [0.3, 0.4) is 0 Å². The molecule has 5 heteroatoms. The number of hydrogen-bond donors (Lipinski definition) is 0. The number of carbonyl (C=O) groups excluding carboxylic acids is 1. The summed E-state index contributed by atoms with van der Waals surface area (Å²) in [7, 11) is -3.23. The Hall–Kier alpha value is -1.62. The largest absolute Gasteiger partial charge is 0.462 e. The van der Waals surface area contributed by atoms with Crippen LogP contribution in [0.2, 0.25) is 0 Å². The van der Waals surface area contributed by atoms with Crippen LogP contribution in [-0.4, -0.2) is 26.7 Å². The standard InChI is InChI=1S/C20H26O4S/c1-2-24-20(21)19(13-15-5-3-4-6-15)17-9-11-18(12-10-17)25(22,23)14-16-7-8-16/h9-13,15-16H,2-8,14H2,1H3. The third kappa shape index (κ3) is 4.72. The summed E-state index contributed by atoms with van der Waals surface area (Å²) in [5, 5.41) is 0. The molecule has 0 atom stereocenters. The van der Waals surface area contributed by atoms with Gasteiger partial charge in [-0.3, -0.25) is 0 Å². The Bertz CT molecular complexity index is 736. The first-order chi connectivity index (χ1) is 12.0. The van der Waals surface area contributed by atoms with E-state index in [2.05, 4.69) is 0 Å². The zero-order valence-corrected chi connectivity index (χ0v) is 15.6. The molecule has 0 aromatic heterocycles. The minimum absolute atomic E-state index is 0.231. The molecule has 0 bridgehead atoms. The fraction of sp³-hybridized carbons (Fsp3) is 0.550. The van der Waals surface area contributed by atoms with E-state index in [1.165, 1.54) is 12.8 Å². The van der Waals surface area contributed by atoms with Crippen LogP contribution in [0.1, 0.15) is 51.0 Å². The number of sulfone groups is 1. The van der Waals surface area contributed by atoms with Gasteiger partial charge < -0.3 is 4.74 Å². The number of benzene rings is 1. The van der Waals surface area contributed by atoms with E-state index in [0.717, 1.165) is 31.2 Å². The number of allylic oxidation sites excluding steroid dienone is 1. The van der Waals surface area contributed by atoms with Gasteiger partial charge in [-0.1, -0.05) is 31.1 Å². The van der Waals surface area contributed by atoms with Crippen LogP contribution >= 0.6 is 0 Å². The summed E-state index contributed by atoms with van der Waals surface area (Å²) in [6, 6.07) is 6.71. The van der Waals surface area contributed by atoms with E-state index < -0.39 is 9.84 Å². The molecular formula is C20H26O4S. The van der Waals surface area contributed by atoms with Crippen molar-refractivity contribution < 1.29 is 17.9 Å². The molecule has 0 amide bonds. The van der Waals surface area contributed by atoms with E-state index in [0.29, 0.717) is 28.9 Å². The van der Waals surface area contributed by atoms with Crippen molar-refractivity contribution in [3.63, 3.8) is 0 Å². The Morgan fingerprint density at radius 3 is 2.32 bits per heavy atom. The van der Waals surface area contributed by atoms with Gasteiger partial charge in [-0.25, -0.2) is 13.2 Å². The van der Waals surface area contributed by atoms with Crippen molar-refractivity contribution in [3.05, 3.63) is 35.9 Å². The summed E-state index contributed by atoms with van der Waals surface area (Å²) in [6.07, 6.45) is 8.60. The van der Waals surface area contributed by atoms with Gasteiger partial charge in [-0.2, -0.15) is 0 Å². The summed E-state index contributed by atoms with van der Waals surface area (Å²) in [5.74, 6) is 0.623. The highest BCUT2D eigenvalue weighted by atomic mass is 32.2. The van der Waals surface area contributed by atoms with Crippen LogP contribution in [0.15, 0.2) is 35.2 Å². The molecular weight excluding hydrogens is 336 g/mol. The van der Waals surface area contributed by atoms with Gasteiger partial charge >= 0.3 is 5.97 Å². The molecule has 0 saturated heterocycles. The molecule has 2 aliphatic rings. The average molecular weight is 362 g/mol. The van der Waals surface area contributed by atoms with E-state index in [1.807, 2.05) is 6.08 Å². The molecule has 25 heavy (non-hydrogen) atoms. The summed E-state index contributed by atoms with van der Waals surface area (Å²) in [4.78, 5) is 12.7. The van der Waals surface area contributed by atoms with Crippen molar-refractivity contribution >= 4 is 21.4 Å². The van der Waals surface area contributed by atoms with Crippen molar-refractivity contribution in [1.82, 2.24) is 0 Å². The molecule has 2 fully saturated rings. The third-order valence-electron chi connectivity index (χ3n) is 4.97. The predicted molar refractivity (Wildman–Crippen MR) is 97.8 cm³/mol. The Kier molecular flexibility index (Phi) is 5.62. The first kappa shape index (κ1) is 18.2. The first-order valence-electron chi connectivity index (χ1n) is 9.21. The monoisotopic (exact) mass is 362 g/mol. The minimum atomic E-state index is -3.23. The van der Waals surface area contributed by atoms with Crippen LogP contribution in [0.5, 0.6) is 0 Å². The molecule has 0 unspecified atom stereocenters. The van der Waals surface area contributed by atoms with Crippen LogP contribution < -0.4 is 0 Å². The highest BCUT2D eigenvalue weighted by molar-refractivity contribution is 7.91. The van der Waals surface area contributed by atoms with Crippen LogP contribution in [0.4, 0.5) is 0 Å². The minimum Gasteiger partial charge on any atom is -0.462 e.